The molecule has 0 amide bonds. The van der Waals surface area contributed by atoms with Crippen LogP contribution in [0.25, 0.3) is 21.8 Å². The second-order valence-electron chi connectivity index (χ2n) is 5.13. The van der Waals surface area contributed by atoms with E-state index in [1.54, 1.807) is 18.2 Å². The lowest BCUT2D eigenvalue weighted by atomic mass is 10.1. The Morgan fingerprint density at radius 3 is 2.36 bits per heavy atom. The highest BCUT2D eigenvalue weighted by Crippen LogP contribution is 2.26. The Morgan fingerprint density at radius 1 is 1.00 bits per heavy atom. The van der Waals surface area contributed by atoms with E-state index < -0.39 is 17.5 Å². The molecular weight excluding hydrogens is 328 g/mol. The van der Waals surface area contributed by atoms with Crippen LogP contribution in [0.1, 0.15) is 20.8 Å². The van der Waals surface area contributed by atoms with Crippen molar-refractivity contribution in [1.29, 1.82) is 0 Å². The van der Waals surface area contributed by atoms with E-state index in [2.05, 4.69) is 14.7 Å². The number of pyridine rings is 2. The average Bonchev–Trinajstić information content (AvgIpc) is 2.65. The fourth-order valence-corrected chi connectivity index (χ4v) is 2.57. The molecule has 3 rings (SSSR count). The second kappa shape index (κ2) is 6.23. The van der Waals surface area contributed by atoms with Gasteiger partial charge in [-0.3, -0.25) is 4.79 Å². The molecule has 1 N–H and O–H groups in total. The lowest BCUT2D eigenvalue weighted by Crippen LogP contribution is -2.17. The summed E-state index contributed by atoms with van der Waals surface area (Å²) in [5.74, 6) is -1.03. The standard InChI is InChI=1S/C17H14N2O6/c1-23-8-4-5-12-9(6-8)10-7-11(16(21)24-2)14(17(22)25-3)19-13(10)15(20)18-12/h4-7H,1-3H3,(H,18,20). The van der Waals surface area contributed by atoms with Crippen molar-refractivity contribution < 1.29 is 23.8 Å². The van der Waals surface area contributed by atoms with Gasteiger partial charge in [-0.25, -0.2) is 14.6 Å². The summed E-state index contributed by atoms with van der Waals surface area (Å²) in [6.07, 6.45) is 0. The molecule has 0 spiro atoms. The zero-order valence-corrected chi connectivity index (χ0v) is 13.7. The molecule has 128 valence electrons. The number of aromatic amines is 1. The highest BCUT2D eigenvalue weighted by atomic mass is 16.5. The molecule has 8 heteroatoms. The molecule has 1 aromatic carbocycles. The number of nitrogens with zero attached hydrogens (tertiary/aromatic N) is 1. The SMILES string of the molecule is COC(=O)c1cc2c(nc1C(=O)OC)c(=O)[nH]c1ccc(OC)cc12. The number of ether oxygens (including phenoxy) is 3. The topological polar surface area (TPSA) is 108 Å². The van der Waals surface area contributed by atoms with Crippen LogP contribution in [-0.4, -0.2) is 43.2 Å². The van der Waals surface area contributed by atoms with Crippen LogP contribution in [0.4, 0.5) is 0 Å². The Morgan fingerprint density at radius 2 is 1.72 bits per heavy atom. The summed E-state index contributed by atoms with van der Waals surface area (Å²) in [6, 6.07) is 6.48. The van der Waals surface area contributed by atoms with Gasteiger partial charge in [0, 0.05) is 16.3 Å². The van der Waals surface area contributed by atoms with Gasteiger partial charge in [-0.2, -0.15) is 0 Å². The molecule has 0 saturated carbocycles. The molecule has 25 heavy (non-hydrogen) atoms. The fraction of sp³-hybridized carbons (Fsp3) is 0.176. The normalized spacial score (nSPS) is 10.7. The van der Waals surface area contributed by atoms with Crippen LogP contribution in [0, 0.1) is 0 Å². The van der Waals surface area contributed by atoms with E-state index in [0.717, 1.165) is 7.11 Å². The van der Waals surface area contributed by atoms with Crippen LogP contribution in [0.5, 0.6) is 5.75 Å². The monoisotopic (exact) mass is 342 g/mol. The number of fused-ring (bicyclic) bond motifs is 3. The first-order valence-corrected chi connectivity index (χ1v) is 7.21. The Bertz CT molecular complexity index is 1070. The smallest absolute Gasteiger partial charge is 0.357 e. The van der Waals surface area contributed by atoms with Crippen LogP contribution in [0.15, 0.2) is 29.1 Å². The third-order valence-corrected chi connectivity index (χ3v) is 3.79. The maximum absolute atomic E-state index is 12.3. The van der Waals surface area contributed by atoms with Gasteiger partial charge in [0.1, 0.15) is 11.3 Å². The van der Waals surface area contributed by atoms with Gasteiger partial charge in [0.15, 0.2) is 5.69 Å². The minimum absolute atomic E-state index is 0.00815. The van der Waals surface area contributed by atoms with Crippen molar-refractivity contribution in [3.05, 3.63) is 45.9 Å². The fourth-order valence-electron chi connectivity index (χ4n) is 2.57. The van der Waals surface area contributed by atoms with E-state index in [9.17, 15) is 14.4 Å². The van der Waals surface area contributed by atoms with Crippen LogP contribution >= 0.6 is 0 Å². The van der Waals surface area contributed by atoms with Gasteiger partial charge in [0.2, 0.25) is 0 Å². The second-order valence-corrected chi connectivity index (χ2v) is 5.13. The van der Waals surface area contributed by atoms with Crippen molar-refractivity contribution >= 4 is 33.7 Å². The van der Waals surface area contributed by atoms with Crippen molar-refractivity contribution in [3.63, 3.8) is 0 Å². The Labute approximate surface area is 141 Å². The zero-order chi connectivity index (χ0) is 18.1. The summed E-state index contributed by atoms with van der Waals surface area (Å²) in [5, 5.41) is 1.01. The van der Waals surface area contributed by atoms with Gasteiger partial charge in [-0.05, 0) is 24.3 Å². The van der Waals surface area contributed by atoms with Crippen molar-refractivity contribution in [1.82, 2.24) is 9.97 Å². The summed E-state index contributed by atoms with van der Waals surface area (Å²) in [6.45, 7) is 0. The van der Waals surface area contributed by atoms with E-state index in [0.29, 0.717) is 22.0 Å². The molecule has 2 aromatic heterocycles. The maximum Gasteiger partial charge on any atom is 0.357 e. The number of carbonyl (C=O) groups excluding carboxylic acids is 2. The Kier molecular flexibility index (Phi) is 4.10. The number of rotatable bonds is 3. The molecule has 2 heterocycles. The molecule has 0 aliphatic rings. The van der Waals surface area contributed by atoms with Crippen molar-refractivity contribution in [2.45, 2.75) is 0 Å². The summed E-state index contributed by atoms with van der Waals surface area (Å²) >= 11 is 0. The van der Waals surface area contributed by atoms with Gasteiger partial charge in [0.25, 0.3) is 5.56 Å². The van der Waals surface area contributed by atoms with Gasteiger partial charge in [-0.1, -0.05) is 0 Å². The van der Waals surface area contributed by atoms with E-state index in [1.165, 1.54) is 20.3 Å². The number of hydrogen-bond acceptors (Lipinski definition) is 7. The van der Waals surface area contributed by atoms with Crippen molar-refractivity contribution in [3.8, 4) is 5.75 Å². The molecule has 0 unspecified atom stereocenters. The molecule has 8 nitrogen and oxygen atoms in total. The molecule has 0 aliphatic heterocycles. The molecule has 0 bridgehead atoms. The van der Waals surface area contributed by atoms with Crippen LogP contribution in [0.2, 0.25) is 0 Å². The number of esters is 2. The predicted octanol–water partition coefficient (Wildman–Crippen LogP) is 1.66. The number of carbonyl (C=O) groups is 2. The molecule has 0 fully saturated rings. The molecule has 0 aliphatic carbocycles. The third kappa shape index (κ3) is 2.67. The molecule has 3 aromatic rings. The molecule has 0 atom stereocenters. The van der Waals surface area contributed by atoms with E-state index >= 15 is 0 Å². The highest BCUT2D eigenvalue weighted by molar-refractivity contribution is 6.10. The van der Waals surface area contributed by atoms with Crippen LogP contribution < -0.4 is 10.3 Å². The summed E-state index contributed by atoms with van der Waals surface area (Å²) in [7, 11) is 3.86. The predicted molar refractivity (Wildman–Crippen MR) is 89.1 cm³/mol. The largest absolute Gasteiger partial charge is 0.497 e. The van der Waals surface area contributed by atoms with E-state index in [4.69, 9.17) is 9.47 Å². The summed E-state index contributed by atoms with van der Waals surface area (Å²) < 4.78 is 14.6. The van der Waals surface area contributed by atoms with E-state index in [-0.39, 0.29) is 16.8 Å². The first-order valence-electron chi connectivity index (χ1n) is 7.21. The molecule has 0 saturated heterocycles. The van der Waals surface area contributed by atoms with Gasteiger partial charge in [0.05, 0.1) is 26.9 Å². The third-order valence-electron chi connectivity index (χ3n) is 3.79. The first-order chi connectivity index (χ1) is 12.0. The zero-order valence-electron chi connectivity index (χ0n) is 13.7. The maximum atomic E-state index is 12.3. The lowest BCUT2D eigenvalue weighted by Gasteiger charge is -2.10. The number of hydrogen-bond donors (Lipinski definition) is 1. The molecular formula is C17H14N2O6. The quantitative estimate of drug-likeness (QED) is 0.569. The minimum Gasteiger partial charge on any atom is -0.497 e. The van der Waals surface area contributed by atoms with Gasteiger partial charge >= 0.3 is 11.9 Å². The minimum atomic E-state index is -0.840. The highest BCUT2D eigenvalue weighted by Gasteiger charge is 2.23. The summed E-state index contributed by atoms with van der Waals surface area (Å²) in [5.41, 5.74) is -0.309. The Balaban J connectivity index is 2.48. The first kappa shape index (κ1) is 16.4. The number of methoxy groups -OCH3 is 3. The van der Waals surface area contributed by atoms with Gasteiger partial charge in [-0.15, -0.1) is 0 Å². The lowest BCUT2D eigenvalue weighted by molar-refractivity contribution is 0.0550. The average molecular weight is 342 g/mol. The van der Waals surface area contributed by atoms with Crippen molar-refractivity contribution in [2.24, 2.45) is 0 Å². The van der Waals surface area contributed by atoms with Gasteiger partial charge < -0.3 is 19.2 Å². The number of H-pyrrole nitrogens is 1. The number of benzene rings is 1. The summed E-state index contributed by atoms with van der Waals surface area (Å²) in [4.78, 5) is 43.1. The van der Waals surface area contributed by atoms with Crippen molar-refractivity contribution in [2.75, 3.05) is 21.3 Å². The van der Waals surface area contributed by atoms with E-state index in [1.807, 2.05) is 0 Å². The van der Waals surface area contributed by atoms with Crippen LogP contribution in [-0.2, 0) is 9.47 Å². The number of nitrogens with one attached hydrogen (secondary N) is 1. The Hall–Kier alpha value is -3.42. The molecule has 0 radical (unpaired) electrons. The van der Waals surface area contributed by atoms with Crippen LogP contribution in [0.3, 0.4) is 0 Å². The number of aromatic nitrogens is 2.